The molecule has 0 aliphatic carbocycles. The van der Waals surface area contributed by atoms with Crippen LogP contribution in [0.5, 0.6) is 0 Å². The van der Waals surface area contributed by atoms with Crippen molar-refractivity contribution >= 4 is 85.9 Å². The number of aryl methyl sites for hydroxylation is 7. The molecule has 13 rings (SSSR count). The normalized spacial score (nSPS) is 13.3. The van der Waals surface area contributed by atoms with Crippen LogP contribution in [0.2, 0.25) is 0 Å². The lowest BCUT2D eigenvalue weighted by molar-refractivity contribution is -0.154. The van der Waals surface area contributed by atoms with E-state index >= 15 is 0 Å². The van der Waals surface area contributed by atoms with Gasteiger partial charge >= 0.3 is 23.0 Å². The summed E-state index contributed by atoms with van der Waals surface area (Å²) in [5.41, 5.74) is 10.2. The van der Waals surface area contributed by atoms with Crippen molar-refractivity contribution < 1.29 is 39.5 Å². The topological polar surface area (TPSA) is 487 Å². The molecule has 1 amide bonds. The number of β-amino-alcohol motifs (C(OH)–C–C–N with tert-alkyl or cyclic N) is 1. The number of aromatic amines is 4. The Balaban J connectivity index is 0.000000167. The van der Waals surface area contributed by atoms with Crippen LogP contribution in [0.4, 0.5) is 28.6 Å². The van der Waals surface area contributed by atoms with E-state index in [1.54, 1.807) is 18.9 Å². The molecular formula is C83H107N21O15. The summed E-state index contributed by atoms with van der Waals surface area (Å²) in [5, 5.41) is 48.9. The van der Waals surface area contributed by atoms with Gasteiger partial charge < -0.3 is 79.3 Å². The van der Waals surface area contributed by atoms with Crippen molar-refractivity contribution in [2.24, 2.45) is 4.99 Å². The van der Waals surface area contributed by atoms with E-state index in [9.17, 15) is 63.3 Å². The van der Waals surface area contributed by atoms with Crippen molar-refractivity contribution in [1.82, 2.24) is 84.5 Å². The van der Waals surface area contributed by atoms with E-state index < -0.39 is 69.8 Å². The first-order chi connectivity index (χ1) is 56.5. The second-order valence-corrected chi connectivity index (χ2v) is 31.2. The first-order valence-electron chi connectivity index (χ1n) is 39.8. The van der Waals surface area contributed by atoms with Crippen LogP contribution < -0.4 is 80.8 Å². The molecule has 8 aliphatic rings. The molecule has 4 aromatic carbocycles. The number of esters is 1. The van der Waals surface area contributed by atoms with E-state index in [1.165, 1.54) is 0 Å². The molecule has 0 radical (unpaired) electrons. The van der Waals surface area contributed by atoms with Crippen molar-refractivity contribution in [3.8, 4) is 34.6 Å². The number of carbonyl (C=O) groups is 3. The van der Waals surface area contributed by atoms with Gasteiger partial charge in [0.1, 0.15) is 35.2 Å². The van der Waals surface area contributed by atoms with E-state index in [2.05, 4.69) is 87.2 Å². The van der Waals surface area contributed by atoms with Gasteiger partial charge in [0.25, 0.3) is 22.2 Å². The van der Waals surface area contributed by atoms with Gasteiger partial charge in [-0.05, 0) is 203 Å². The molecule has 1 saturated heterocycles. The number of hydrogen-bond donors (Lipinski definition) is 11. The molecule has 3 atom stereocenters. The highest BCUT2D eigenvalue weighted by molar-refractivity contribution is 5.86. The molecule has 11 N–H and O–H groups in total. The van der Waals surface area contributed by atoms with E-state index in [1.807, 2.05) is 144 Å². The number of nitrogens with zero attached hydrogens (tertiary/aromatic N) is 14. The van der Waals surface area contributed by atoms with Crippen molar-refractivity contribution in [2.45, 2.75) is 183 Å². The SMILES string of the molecule is C=c1nc2c(c(=O)[nH]1)=Nc1cc(C)c(N3CCCC3)cc1N2C[C@H](O)[C@H](O)[C@H](O)CO.CC(=O)CCCNCCn1c2nc(=O)[nH]c(=O)c-2nc2cc(C)c(C)cc21.CNC(=O)CCCCCCn1c2nc(=O)[nH]c(=O)c-2nc2cc(C)c(N(C)C)cc21.Cc1cc2nc3c(=O)[nH]c(=O)nc-3n(CCNCCCC(=O)OC(C)(C)C)c2cc1C. The maximum Gasteiger partial charge on any atom is 0.349 e. The molecule has 119 heavy (non-hydrogen) atoms. The summed E-state index contributed by atoms with van der Waals surface area (Å²) in [7, 11) is 5.58. The zero-order valence-corrected chi connectivity index (χ0v) is 69.7. The summed E-state index contributed by atoms with van der Waals surface area (Å²) in [6, 6.07) is 15.7. The first kappa shape index (κ1) is 89.4. The van der Waals surface area contributed by atoms with Gasteiger partial charge in [0.05, 0.1) is 57.6 Å². The molecule has 9 heterocycles. The Hall–Kier alpha value is -12.0. The molecular weight excluding hydrogens is 1530 g/mol. The number of aliphatic hydroxyl groups is 4. The number of carbonyl (C=O) groups excluding carboxylic acids is 3. The number of fused-ring (bicyclic) bond motifs is 8. The number of hydrogen-bond acceptors (Lipinski definition) is 28. The minimum Gasteiger partial charge on any atom is -0.460 e. The Morgan fingerprint density at radius 2 is 1.03 bits per heavy atom. The number of benzene rings is 4. The Bertz CT molecular complexity index is 6020. The van der Waals surface area contributed by atoms with Crippen LogP contribution in [-0.2, 0) is 38.8 Å². The standard InChI is InChI=1S/C22H29N5O4.C21H28N6O3.C21H27N5O5.C19H23N5O3/c1-13-11-15-16(12-14(13)2)27(19-18(24-15)20(29)26-21(30)25-19)10-9-23-8-6-7-17(28)31-22(3,4)5;1-13-11-14-16(12-15(13)26(3)4)27(10-8-6-5-7-9-17(28)22-2)19-18(23-14)20(29)25-21(30)24-19;1-11-7-13-15(8-14(11)25-5-3-4-6-25)26(9-16(28)19(30)17(29)10-27)20-18(24-13)21(31)23-12(2)22-20;1-11-9-14-15(10-12(11)2)24(8-7-20-6-4-5-13(3)25)17-16(21-14)18(26)23-19(27)22-17/h11-12,23H,6-10H2,1-5H3,(H,26,29,30);11-12H,5-10H2,1-4H3,(H,22,28)(H,25,29,30);7-8,16-17,19,27-30H,2-6,9-10H2,1H3,(H,23,31);9-10,20H,4-8H2,1-3H3,(H,23,26,27)/t;;16-,17+,19-;/m..0./s1. The van der Waals surface area contributed by atoms with Gasteiger partial charge in [-0.2, -0.15) is 15.0 Å². The Morgan fingerprint density at radius 3 is 1.51 bits per heavy atom. The highest BCUT2D eigenvalue weighted by Crippen LogP contribution is 2.41. The third-order valence-electron chi connectivity index (χ3n) is 20.5. The van der Waals surface area contributed by atoms with Crippen molar-refractivity contribution in [1.29, 1.82) is 0 Å². The third kappa shape index (κ3) is 22.3. The minimum absolute atomic E-state index is 0.0495. The Kier molecular flexibility index (Phi) is 29.7. The fraction of sp³-hybridized carbons (Fsp3) is 0.470. The number of Topliss-reactive ketones (excluding diaryl/α,β-unsaturated/α-hetero) is 1. The van der Waals surface area contributed by atoms with E-state index in [-0.39, 0.29) is 69.6 Å². The molecule has 36 heteroatoms. The molecule has 1 fully saturated rings. The van der Waals surface area contributed by atoms with Crippen LogP contribution in [0.15, 0.2) is 87.1 Å². The number of aliphatic hydroxyl groups excluding tert-OH is 4. The summed E-state index contributed by atoms with van der Waals surface area (Å²) in [6.07, 6.45) is 4.07. The maximum atomic E-state index is 12.5. The quantitative estimate of drug-likeness (QED) is 0.0190. The first-order valence-corrected chi connectivity index (χ1v) is 39.8. The summed E-state index contributed by atoms with van der Waals surface area (Å²) in [5.74, 6) is 1.07. The molecule has 0 bridgehead atoms. The predicted octanol–water partition coefficient (Wildman–Crippen LogP) is 3.30. The number of aromatic nitrogens is 14. The van der Waals surface area contributed by atoms with Crippen LogP contribution in [0.3, 0.4) is 0 Å². The monoisotopic (exact) mass is 1640 g/mol. The Morgan fingerprint density at radius 1 is 0.546 bits per heavy atom. The lowest BCUT2D eigenvalue weighted by atomic mass is 10.1. The van der Waals surface area contributed by atoms with Crippen LogP contribution >= 0.6 is 0 Å². The smallest absolute Gasteiger partial charge is 0.349 e. The fourth-order valence-corrected chi connectivity index (χ4v) is 14.2. The van der Waals surface area contributed by atoms with Gasteiger partial charge in [-0.25, -0.2) is 39.3 Å². The van der Waals surface area contributed by atoms with Crippen LogP contribution in [0.1, 0.15) is 132 Å². The van der Waals surface area contributed by atoms with Gasteiger partial charge in [0.15, 0.2) is 45.7 Å². The molecule has 0 saturated carbocycles. The molecule has 0 unspecified atom stereocenters. The molecule has 0 spiro atoms. The number of amides is 1. The predicted molar refractivity (Wildman–Crippen MR) is 455 cm³/mol. The second kappa shape index (κ2) is 39.5. The Labute approximate surface area is 683 Å². The fourth-order valence-electron chi connectivity index (χ4n) is 14.2. The number of rotatable bonds is 28. The van der Waals surface area contributed by atoms with Gasteiger partial charge in [-0.15, -0.1) is 0 Å². The maximum absolute atomic E-state index is 12.5. The average Bonchev–Trinajstić information content (AvgIpc) is 1.70. The zero-order valence-electron chi connectivity index (χ0n) is 69.7. The number of unbranched alkanes of at least 4 members (excludes halogenated alkanes) is 3. The number of ether oxygens (including phenoxy) is 1. The highest BCUT2D eigenvalue weighted by Gasteiger charge is 2.33. The zero-order chi connectivity index (χ0) is 86.4. The van der Waals surface area contributed by atoms with Gasteiger partial charge in [0, 0.05) is 97.6 Å². The van der Waals surface area contributed by atoms with Crippen LogP contribution in [-0.4, -0.2) is 204 Å². The number of ketones is 1. The number of H-pyrrole nitrogens is 4. The van der Waals surface area contributed by atoms with Gasteiger partial charge in [-0.1, -0.05) is 19.4 Å². The molecule has 634 valence electrons. The molecule has 5 aromatic rings. The van der Waals surface area contributed by atoms with Crippen LogP contribution in [0.25, 0.3) is 74.2 Å². The summed E-state index contributed by atoms with van der Waals surface area (Å²) >= 11 is 0. The summed E-state index contributed by atoms with van der Waals surface area (Å²) < 4.78 is 10.9. The van der Waals surface area contributed by atoms with Crippen molar-refractivity contribution in [3.05, 3.63) is 166 Å². The van der Waals surface area contributed by atoms with E-state index in [0.29, 0.717) is 98.7 Å². The number of nitrogens with one attached hydrogen (secondary N) is 7. The largest absolute Gasteiger partial charge is 0.460 e. The van der Waals surface area contributed by atoms with Crippen molar-refractivity contribution in [3.63, 3.8) is 0 Å². The van der Waals surface area contributed by atoms with Gasteiger partial charge in [0.2, 0.25) is 5.91 Å². The third-order valence-corrected chi connectivity index (χ3v) is 20.5. The van der Waals surface area contributed by atoms with Crippen molar-refractivity contribution in [2.75, 3.05) is 88.3 Å². The summed E-state index contributed by atoms with van der Waals surface area (Å²) in [6.45, 7) is 28.0. The lowest BCUT2D eigenvalue weighted by Crippen LogP contribution is -2.48. The molecule has 1 aromatic heterocycles. The minimum atomic E-state index is -1.58. The van der Waals surface area contributed by atoms with E-state index in [0.717, 1.165) is 126 Å². The lowest BCUT2D eigenvalue weighted by Gasteiger charge is -2.33. The second-order valence-electron chi connectivity index (χ2n) is 31.2. The van der Waals surface area contributed by atoms with Crippen LogP contribution in [0, 0.1) is 41.5 Å². The van der Waals surface area contributed by atoms with E-state index in [4.69, 9.17) is 9.84 Å². The molecule has 36 nitrogen and oxygen atoms in total. The van der Waals surface area contributed by atoms with Gasteiger partial charge in [-0.3, -0.25) is 43.7 Å². The number of anilines is 4. The summed E-state index contributed by atoms with van der Waals surface area (Å²) in [4.78, 5) is 168. The highest BCUT2D eigenvalue weighted by atomic mass is 16.6. The average molecular weight is 1640 g/mol. The molecule has 8 aliphatic heterocycles.